The fourth-order valence-corrected chi connectivity index (χ4v) is 5.34. The number of thioether (sulfide) groups is 1. The van der Waals surface area contributed by atoms with Gasteiger partial charge in [0.1, 0.15) is 11.9 Å². The third-order valence-electron chi connectivity index (χ3n) is 5.55. The summed E-state index contributed by atoms with van der Waals surface area (Å²) in [6.07, 6.45) is 1.80. The number of halogens is 1. The van der Waals surface area contributed by atoms with Crippen molar-refractivity contribution in [3.8, 4) is 0 Å². The molecule has 3 aliphatic rings. The van der Waals surface area contributed by atoms with Crippen molar-refractivity contribution in [2.75, 3.05) is 37.7 Å². The molecule has 1 aromatic heterocycles. The zero-order valence-corrected chi connectivity index (χ0v) is 16.6. The highest BCUT2D eigenvalue weighted by Crippen LogP contribution is 2.47. The minimum absolute atomic E-state index is 0.0180. The van der Waals surface area contributed by atoms with Crippen molar-refractivity contribution in [2.45, 2.75) is 24.3 Å². The van der Waals surface area contributed by atoms with Crippen LogP contribution in [0.1, 0.15) is 30.3 Å². The summed E-state index contributed by atoms with van der Waals surface area (Å²) in [4.78, 5) is 13.9. The molecule has 3 aliphatic heterocycles. The van der Waals surface area contributed by atoms with E-state index in [4.69, 9.17) is 9.73 Å². The van der Waals surface area contributed by atoms with E-state index in [1.54, 1.807) is 24.0 Å². The first-order valence-electron chi connectivity index (χ1n) is 9.75. The Labute approximate surface area is 168 Å². The second kappa shape index (κ2) is 7.37. The van der Waals surface area contributed by atoms with Crippen LogP contribution in [0, 0.1) is 5.82 Å². The number of rotatable bonds is 3. The predicted molar refractivity (Wildman–Crippen MR) is 110 cm³/mol. The predicted octanol–water partition coefficient (Wildman–Crippen LogP) is 3.65. The largest absolute Gasteiger partial charge is 0.378 e. The summed E-state index contributed by atoms with van der Waals surface area (Å²) >= 11 is 1.80. The number of benzene rings is 1. The lowest BCUT2D eigenvalue weighted by Crippen LogP contribution is -2.36. The van der Waals surface area contributed by atoms with Gasteiger partial charge >= 0.3 is 0 Å². The first-order valence-corrected chi connectivity index (χ1v) is 10.6. The Hall–Kier alpha value is -2.12. The van der Waals surface area contributed by atoms with E-state index >= 15 is 4.39 Å². The molecular weight excluding hydrogens is 375 g/mol. The van der Waals surface area contributed by atoms with E-state index in [9.17, 15) is 0 Å². The average Bonchev–Trinajstić information content (AvgIpc) is 3.25. The Morgan fingerprint density at radius 1 is 1.18 bits per heavy atom. The summed E-state index contributed by atoms with van der Waals surface area (Å²) < 4.78 is 20.5. The van der Waals surface area contributed by atoms with Gasteiger partial charge in [0, 0.05) is 31.1 Å². The quantitative estimate of drug-likeness (QED) is 0.790. The molecule has 0 radical (unpaired) electrons. The number of aromatic nitrogens is 1. The molecule has 5 nitrogen and oxygen atoms in total. The van der Waals surface area contributed by atoms with Crippen LogP contribution >= 0.6 is 11.8 Å². The Kier molecular flexibility index (Phi) is 4.72. The van der Waals surface area contributed by atoms with Crippen LogP contribution in [0.3, 0.4) is 0 Å². The number of nitrogens with zero attached hydrogens (tertiary/aromatic N) is 4. The number of pyridine rings is 1. The molecule has 2 fully saturated rings. The SMILES string of the molecule is C[C@H]1CN2C(=N[C@@H](c3ccccn3)[C@@H]2c2ccc(N3CCOCC3)c(F)c2)S1. The van der Waals surface area contributed by atoms with Gasteiger partial charge in [-0.2, -0.15) is 0 Å². The fourth-order valence-electron chi connectivity index (χ4n) is 4.25. The number of fused-ring (bicyclic) bond motifs is 1. The van der Waals surface area contributed by atoms with Crippen LogP contribution in [0.25, 0.3) is 0 Å². The maximum absolute atomic E-state index is 15.1. The summed E-state index contributed by atoms with van der Waals surface area (Å²) in [7, 11) is 0. The molecule has 3 atom stereocenters. The van der Waals surface area contributed by atoms with Gasteiger partial charge in [-0.25, -0.2) is 4.39 Å². The fraction of sp³-hybridized carbons (Fsp3) is 0.429. The minimum atomic E-state index is -0.174. The zero-order chi connectivity index (χ0) is 19.1. The van der Waals surface area contributed by atoms with Crippen LogP contribution < -0.4 is 4.90 Å². The molecule has 1 aromatic carbocycles. The lowest BCUT2D eigenvalue weighted by atomic mass is 9.96. The van der Waals surface area contributed by atoms with E-state index in [1.165, 1.54) is 0 Å². The number of hydrogen-bond donors (Lipinski definition) is 0. The van der Waals surface area contributed by atoms with Gasteiger partial charge in [-0.3, -0.25) is 9.98 Å². The first kappa shape index (κ1) is 17.9. The molecule has 0 unspecified atom stereocenters. The van der Waals surface area contributed by atoms with Gasteiger partial charge in [-0.15, -0.1) is 0 Å². The molecule has 0 aliphatic carbocycles. The molecule has 28 heavy (non-hydrogen) atoms. The molecule has 0 saturated carbocycles. The number of morpholine rings is 1. The molecule has 146 valence electrons. The molecule has 0 amide bonds. The Bertz CT molecular complexity index is 887. The Balaban J connectivity index is 1.50. The van der Waals surface area contributed by atoms with Crippen LogP contribution in [-0.2, 0) is 4.74 Å². The van der Waals surface area contributed by atoms with Crippen LogP contribution in [0.2, 0.25) is 0 Å². The first-order chi connectivity index (χ1) is 13.7. The van der Waals surface area contributed by atoms with E-state index in [0.717, 1.165) is 36.1 Å². The maximum atomic E-state index is 15.1. The summed E-state index contributed by atoms with van der Waals surface area (Å²) in [6, 6.07) is 11.4. The van der Waals surface area contributed by atoms with Crippen molar-refractivity contribution in [3.63, 3.8) is 0 Å². The smallest absolute Gasteiger partial charge is 0.160 e. The second-order valence-electron chi connectivity index (χ2n) is 7.45. The highest BCUT2D eigenvalue weighted by atomic mass is 32.2. The minimum Gasteiger partial charge on any atom is -0.378 e. The topological polar surface area (TPSA) is 41.0 Å². The van der Waals surface area contributed by atoms with Crippen molar-refractivity contribution in [2.24, 2.45) is 4.99 Å². The van der Waals surface area contributed by atoms with Gasteiger partial charge < -0.3 is 14.5 Å². The van der Waals surface area contributed by atoms with E-state index in [2.05, 4.69) is 27.8 Å². The summed E-state index contributed by atoms with van der Waals surface area (Å²) in [5, 5.41) is 1.54. The van der Waals surface area contributed by atoms with Gasteiger partial charge in [0.15, 0.2) is 5.17 Å². The number of amidine groups is 1. The van der Waals surface area contributed by atoms with Crippen LogP contribution in [-0.4, -0.2) is 53.1 Å². The Morgan fingerprint density at radius 3 is 2.79 bits per heavy atom. The molecule has 7 heteroatoms. The van der Waals surface area contributed by atoms with Crippen molar-refractivity contribution in [1.82, 2.24) is 9.88 Å². The molecule has 0 bridgehead atoms. The Morgan fingerprint density at radius 2 is 2.04 bits per heavy atom. The van der Waals surface area contributed by atoms with Crippen molar-refractivity contribution < 1.29 is 9.13 Å². The third-order valence-corrected chi connectivity index (χ3v) is 6.65. The van der Waals surface area contributed by atoms with E-state index in [1.807, 2.05) is 24.3 Å². The van der Waals surface area contributed by atoms with E-state index < -0.39 is 0 Å². The maximum Gasteiger partial charge on any atom is 0.160 e. The van der Waals surface area contributed by atoms with E-state index in [-0.39, 0.29) is 17.9 Å². The average molecular weight is 399 g/mol. The van der Waals surface area contributed by atoms with Gasteiger partial charge in [0.05, 0.1) is 30.6 Å². The second-order valence-corrected chi connectivity index (χ2v) is 8.85. The normalized spacial score (nSPS) is 27.1. The number of aliphatic imine (C=N–C) groups is 1. The lowest BCUT2D eigenvalue weighted by molar-refractivity contribution is 0.122. The van der Waals surface area contributed by atoms with Crippen molar-refractivity contribution in [1.29, 1.82) is 0 Å². The molecule has 4 heterocycles. The van der Waals surface area contributed by atoms with Crippen molar-refractivity contribution >= 4 is 22.6 Å². The molecule has 0 N–H and O–H groups in total. The number of anilines is 1. The molecular formula is C21H23FN4OS. The van der Waals surface area contributed by atoms with Gasteiger partial charge in [0.2, 0.25) is 0 Å². The highest BCUT2D eigenvalue weighted by molar-refractivity contribution is 8.14. The van der Waals surface area contributed by atoms with Crippen LogP contribution in [0.4, 0.5) is 10.1 Å². The molecule has 0 spiro atoms. The molecule has 2 aromatic rings. The van der Waals surface area contributed by atoms with E-state index in [0.29, 0.717) is 24.2 Å². The summed E-state index contributed by atoms with van der Waals surface area (Å²) in [6.45, 7) is 5.87. The summed E-state index contributed by atoms with van der Waals surface area (Å²) in [5.41, 5.74) is 2.55. The standard InChI is InChI=1S/C21H23FN4OS/c1-14-13-26-20(19(24-21(26)28-14)17-4-2-3-7-23-17)15-5-6-18(16(22)12-15)25-8-10-27-11-9-25/h2-7,12,14,19-20H,8-11,13H2,1H3/t14-,19-,20-/m0/s1. The van der Waals surface area contributed by atoms with Gasteiger partial charge in [-0.05, 0) is 29.8 Å². The monoisotopic (exact) mass is 398 g/mol. The number of hydrogen-bond acceptors (Lipinski definition) is 6. The highest BCUT2D eigenvalue weighted by Gasteiger charge is 2.43. The third kappa shape index (κ3) is 3.16. The lowest BCUT2D eigenvalue weighted by Gasteiger charge is -2.31. The van der Waals surface area contributed by atoms with Gasteiger partial charge in [-0.1, -0.05) is 30.8 Å². The number of ether oxygens (including phenoxy) is 1. The molecule has 2 saturated heterocycles. The van der Waals surface area contributed by atoms with Crippen LogP contribution in [0.5, 0.6) is 0 Å². The van der Waals surface area contributed by atoms with Crippen molar-refractivity contribution in [3.05, 3.63) is 59.7 Å². The van der Waals surface area contributed by atoms with Gasteiger partial charge in [0.25, 0.3) is 0 Å². The summed E-state index contributed by atoms with van der Waals surface area (Å²) in [5.74, 6) is -0.174. The molecule has 5 rings (SSSR count). The zero-order valence-electron chi connectivity index (χ0n) is 15.8. The van der Waals surface area contributed by atoms with Crippen LogP contribution in [0.15, 0.2) is 47.6 Å².